The van der Waals surface area contributed by atoms with Crippen LogP contribution in [0.5, 0.6) is 0 Å². The smallest absolute Gasteiger partial charge is 0.253 e. The number of hydrogen-bond acceptors (Lipinski definition) is 5. The van der Waals surface area contributed by atoms with Gasteiger partial charge in [0, 0.05) is 45.0 Å². The number of hydrogen-bond donors (Lipinski definition) is 2. The first-order valence-electron chi connectivity index (χ1n) is 9.67. The second kappa shape index (κ2) is 8.16. The summed E-state index contributed by atoms with van der Waals surface area (Å²) in [6.07, 6.45) is 5.69. The minimum absolute atomic E-state index is 0.0952. The van der Waals surface area contributed by atoms with Crippen molar-refractivity contribution in [1.29, 1.82) is 0 Å². The van der Waals surface area contributed by atoms with E-state index >= 15 is 0 Å². The second-order valence-corrected chi connectivity index (χ2v) is 9.90. The van der Waals surface area contributed by atoms with Crippen molar-refractivity contribution in [3.63, 3.8) is 0 Å². The summed E-state index contributed by atoms with van der Waals surface area (Å²) in [5, 5.41) is 3.10. The molecule has 0 aromatic heterocycles. The first kappa shape index (κ1) is 20.1. The fraction of sp³-hybridized carbons (Fsp3) is 0.632. The number of benzene rings is 1. The molecule has 7 nitrogen and oxygen atoms in total. The molecule has 1 saturated carbocycles. The van der Waals surface area contributed by atoms with Gasteiger partial charge in [0.15, 0.2) is 0 Å². The van der Waals surface area contributed by atoms with Gasteiger partial charge in [-0.05, 0) is 56.7 Å². The fourth-order valence-corrected chi connectivity index (χ4v) is 4.76. The van der Waals surface area contributed by atoms with Crippen molar-refractivity contribution >= 4 is 21.6 Å². The summed E-state index contributed by atoms with van der Waals surface area (Å²) in [5.74, 6) is -0.201. The van der Waals surface area contributed by atoms with Gasteiger partial charge in [-0.15, -0.1) is 0 Å². The highest BCUT2D eigenvalue weighted by Crippen LogP contribution is 2.28. The average Bonchev–Trinajstić information content (AvgIpc) is 3.17. The van der Waals surface area contributed by atoms with Crippen molar-refractivity contribution in [2.24, 2.45) is 5.73 Å². The molecule has 3 rings (SSSR count). The summed E-state index contributed by atoms with van der Waals surface area (Å²) in [6.45, 7) is 1.77. The largest absolute Gasteiger partial charge is 0.371 e. The van der Waals surface area contributed by atoms with E-state index in [0.29, 0.717) is 5.56 Å². The SMILES string of the molecule is CN(C)S(=O)(=O)c1ccc(N2CCCC2)c(C(=O)NC2CCC(N)CC2)c1. The molecule has 3 N–H and O–H groups in total. The quantitative estimate of drug-likeness (QED) is 0.790. The Morgan fingerprint density at radius 1 is 1.15 bits per heavy atom. The van der Waals surface area contributed by atoms with Gasteiger partial charge in [0.2, 0.25) is 10.0 Å². The van der Waals surface area contributed by atoms with E-state index in [4.69, 9.17) is 5.73 Å². The molecule has 2 fully saturated rings. The van der Waals surface area contributed by atoms with Crippen LogP contribution in [0.15, 0.2) is 23.1 Å². The maximum absolute atomic E-state index is 13.0. The van der Waals surface area contributed by atoms with Crippen molar-refractivity contribution < 1.29 is 13.2 Å². The molecule has 8 heteroatoms. The van der Waals surface area contributed by atoms with E-state index in [0.717, 1.165) is 57.3 Å². The van der Waals surface area contributed by atoms with E-state index in [9.17, 15) is 13.2 Å². The highest BCUT2D eigenvalue weighted by molar-refractivity contribution is 7.89. The zero-order chi connectivity index (χ0) is 19.6. The predicted octanol–water partition coefficient (Wildman–Crippen LogP) is 1.54. The van der Waals surface area contributed by atoms with Gasteiger partial charge in [0.25, 0.3) is 5.91 Å². The molecule has 1 heterocycles. The Kier molecular flexibility index (Phi) is 6.08. The first-order valence-corrected chi connectivity index (χ1v) is 11.1. The summed E-state index contributed by atoms with van der Waals surface area (Å²) >= 11 is 0. The normalized spacial score (nSPS) is 23.6. The van der Waals surface area contributed by atoms with Crippen LogP contribution in [0, 0.1) is 0 Å². The number of amides is 1. The van der Waals surface area contributed by atoms with Crippen molar-refractivity contribution in [3.05, 3.63) is 23.8 Å². The number of sulfonamides is 1. The highest BCUT2D eigenvalue weighted by Gasteiger charge is 2.26. The lowest BCUT2D eigenvalue weighted by molar-refractivity contribution is 0.0926. The standard InChI is InChI=1S/C19H30N4O3S/c1-22(2)27(25,26)16-9-10-18(23-11-3-4-12-23)17(13-16)19(24)21-15-7-5-14(20)6-8-15/h9-10,13-15H,3-8,11-12,20H2,1-2H3,(H,21,24). The summed E-state index contributed by atoms with van der Waals surface area (Å²) in [6, 6.07) is 5.20. The van der Waals surface area contributed by atoms with Crippen LogP contribution < -0.4 is 16.0 Å². The van der Waals surface area contributed by atoms with E-state index < -0.39 is 10.0 Å². The Labute approximate surface area is 161 Å². The molecule has 0 unspecified atom stereocenters. The zero-order valence-electron chi connectivity index (χ0n) is 16.1. The summed E-state index contributed by atoms with van der Waals surface area (Å²) in [5.41, 5.74) is 7.21. The average molecular weight is 395 g/mol. The molecule has 1 aliphatic carbocycles. The molecule has 1 amide bonds. The fourth-order valence-electron chi connectivity index (χ4n) is 3.83. The monoisotopic (exact) mass is 394 g/mol. The lowest BCUT2D eigenvalue weighted by Crippen LogP contribution is -2.41. The van der Waals surface area contributed by atoms with Crippen molar-refractivity contribution in [2.75, 3.05) is 32.1 Å². The third kappa shape index (κ3) is 4.44. The number of anilines is 1. The number of nitrogens with two attached hydrogens (primary N) is 1. The van der Waals surface area contributed by atoms with E-state index in [2.05, 4.69) is 10.2 Å². The van der Waals surface area contributed by atoms with Crippen LogP contribution in [0.1, 0.15) is 48.9 Å². The summed E-state index contributed by atoms with van der Waals surface area (Å²) in [7, 11) is -0.606. The summed E-state index contributed by atoms with van der Waals surface area (Å²) < 4.78 is 26.2. The Balaban J connectivity index is 1.90. The molecule has 1 saturated heterocycles. The predicted molar refractivity (Wildman–Crippen MR) is 106 cm³/mol. The van der Waals surface area contributed by atoms with Gasteiger partial charge < -0.3 is 16.0 Å². The molecular formula is C19H30N4O3S. The van der Waals surface area contributed by atoms with Gasteiger partial charge in [-0.2, -0.15) is 0 Å². The molecule has 27 heavy (non-hydrogen) atoms. The van der Waals surface area contributed by atoms with Gasteiger partial charge >= 0.3 is 0 Å². The van der Waals surface area contributed by atoms with Crippen LogP contribution in [0.4, 0.5) is 5.69 Å². The lowest BCUT2D eigenvalue weighted by Gasteiger charge is -2.28. The molecular weight excluding hydrogens is 364 g/mol. The highest BCUT2D eigenvalue weighted by atomic mass is 32.2. The maximum atomic E-state index is 13.0. The Hall–Kier alpha value is -1.64. The van der Waals surface area contributed by atoms with Crippen LogP contribution in [0.3, 0.4) is 0 Å². The molecule has 0 atom stereocenters. The number of carbonyl (C=O) groups excluding carboxylic acids is 1. The van der Waals surface area contributed by atoms with E-state index in [1.807, 2.05) is 0 Å². The van der Waals surface area contributed by atoms with Gasteiger partial charge in [0.1, 0.15) is 0 Å². The van der Waals surface area contributed by atoms with Gasteiger partial charge in [-0.25, -0.2) is 12.7 Å². The van der Waals surface area contributed by atoms with Gasteiger partial charge in [-0.3, -0.25) is 4.79 Å². The number of nitrogens with zero attached hydrogens (tertiary/aromatic N) is 2. The van der Waals surface area contributed by atoms with E-state index in [1.165, 1.54) is 24.5 Å². The van der Waals surface area contributed by atoms with Crippen LogP contribution in [0.25, 0.3) is 0 Å². The molecule has 1 aliphatic heterocycles. The summed E-state index contributed by atoms with van der Waals surface area (Å²) in [4.78, 5) is 15.4. The van der Waals surface area contributed by atoms with Crippen LogP contribution in [-0.2, 0) is 10.0 Å². The molecule has 0 bridgehead atoms. The number of rotatable bonds is 5. The van der Waals surface area contributed by atoms with Crippen molar-refractivity contribution in [3.8, 4) is 0 Å². The third-order valence-corrected chi connectivity index (χ3v) is 7.36. The Bertz CT molecular complexity index is 780. The number of nitrogens with one attached hydrogen (secondary N) is 1. The van der Waals surface area contributed by atoms with Crippen molar-refractivity contribution in [1.82, 2.24) is 9.62 Å². The molecule has 150 valence electrons. The van der Waals surface area contributed by atoms with E-state index in [1.54, 1.807) is 12.1 Å². The topological polar surface area (TPSA) is 95.7 Å². The zero-order valence-corrected chi connectivity index (χ0v) is 17.0. The minimum Gasteiger partial charge on any atom is -0.371 e. The second-order valence-electron chi connectivity index (χ2n) is 7.75. The minimum atomic E-state index is -3.60. The van der Waals surface area contributed by atoms with Crippen molar-refractivity contribution in [2.45, 2.75) is 55.5 Å². The molecule has 0 radical (unpaired) electrons. The Morgan fingerprint density at radius 2 is 1.78 bits per heavy atom. The number of carbonyl (C=O) groups is 1. The lowest BCUT2D eigenvalue weighted by atomic mass is 9.91. The Morgan fingerprint density at radius 3 is 2.37 bits per heavy atom. The molecule has 0 spiro atoms. The van der Waals surface area contributed by atoms with Crippen LogP contribution in [-0.4, -0.2) is 57.9 Å². The van der Waals surface area contributed by atoms with Crippen LogP contribution >= 0.6 is 0 Å². The molecule has 1 aromatic rings. The van der Waals surface area contributed by atoms with Gasteiger partial charge in [-0.1, -0.05) is 0 Å². The first-order chi connectivity index (χ1) is 12.8. The third-order valence-electron chi connectivity index (χ3n) is 5.55. The van der Waals surface area contributed by atoms with E-state index in [-0.39, 0.29) is 22.9 Å². The molecule has 2 aliphatic rings. The molecule has 1 aromatic carbocycles. The maximum Gasteiger partial charge on any atom is 0.253 e. The van der Waals surface area contributed by atoms with Crippen LogP contribution in [0.2, 0.25) is 0 Å². The van der Waals surface area contributed by atoms with Gasteiger partial charge in [0.05, 0.1) is 10.5 Å².